The molecule has 1 aromatic carbocycles. The minimum atomic E-state index is 0. The maximum Gasteiger partial charge on any atom is 0.193 e. The fourth-order valence-corrected chi connectivity index (χ4v) is 4.78. The van der Waals surface area contributed by atoms with Crippen molar-refractivity contribution in [3.8, 4) is 0 Å². The second kappa shape index (κ2) is 11.8. The summed E-state index contributed by atoms with van der Waals surface area (Å²) in [6, 6.07) is 8.16. The minimum Gasteiger partial charge on any atom is -0.381 e. The van der Waals surface area contributed by atoms with Crippen molar-refractivity contribution in [1.82, 2.24) is 15.1 Å². The van der Waals surface area contributed by atoms with Crippen LogP contribution < -0.4 is 5.32 Å². The van der Waals surface area contributed by atoms with Crippen molar-refractivity contribution in [3.05, 3.63) is 34.9 Å². The van der Waals surface area contributed by atoms with E-state index in [-0.39, 0.29) is 28.7 Å². The highest BCUT2D eigenvalue weighted by Crippen LogP contribution is 2.33. The van der Waals surface area contributed by atoms with Crippen LogP contribution in [0, 0.1) is 0 Å². The number of nitrogens with one attached hydrogen (secondary N) is 1. The number of hydrogen-bond donors (Lipinski definition) is 1. The summed E-state index contributed by atoms with van der Waals surface area (Å²) < 4.78 is 5.81. The second-order valence-electron chi connectivity index (χ2n) is 7.29. The normalized spacial score (nSPS) is 20.5. The second-order valence-corrected chi connectivity index (χ2v) is 9.00. The maximum atomic E-state index is 6.11. The van der Waals surface area contributed by atoms with Crippen LogP contribution in [-0.4, -0.2) is 79.7 Å². The van der Waals surface area contributed by atoms with Gasteiger partial charge in [0.15, 0.2) is 5.96 Å². The third-order valence-electron chi connectivity index (χ3n) is 5.58. The smallest absolute Gasteiger partial charge is 0.193 e. The van der Waals surface area contributed by atoms with E-state index in [1.165, 1.54) is 5.56 Å². The van der Waals surface area contributed by atoms with Crippen LogP contribution in [0.2, 0.25) is 5.02 Å². The van der Waals surface area contributed by atoms with Gasteiger partial charge in [0.1, 0.15) is 0 Å². The number of guanidine groups is 1. The molecule has 1 N–H and O–H groups in total. The highest BCUT2D eigenvalue weighted by molar-refractivity contribution is 14.0. The van der Waals surface area contributed by atoms with E-state index in [2.05, 4.69) is 38.5 Å². The minimum absolute atomic E-state index is 0. The number of benzene rings is 1. The van der Waals surface area contributed by atoms with Gasteiger partial charge in [0.25, 0.3) is 0 Å². The highest BCUT2D eigenvalue weighted by atomic mass is 127. The zero-order valence-electron chi connectivity index (χ0n) is 16.8. The van der Waals surface area contributed by atoms with Crippen LogP contribution in [0.3, 0.4) is 0 Å². The van der Waals surface area contributed by atoms with E-state index >= 15 is 0 Å². The monoisotopic (exact) mass is 538 g/mol. The van der Waals surface area contributed by atoms with Gasteiger partial charge in [-0.2, -0.15) is 11.8 Å². The van der Waals surface area contributed by atoms with Crippen LogP contribution in [0.4, 0.5) is 0 Å². The fourth-order valence-electron chi connectivity index (χ4n) is 3.78. The number of rotatable bonds is 5. The number of halogens is 2. The first kappa shape index (κ1) is 24.1. The van der Waals surface area contributed by atoms with E-state index in [9.17, 15) is 0 Å². The average molecular weight is 539 g/mol. The standard InChI is InChI=1S/C20H31ClN4OS.HI/c1-22-19(23-16-20(27-2)6-12-26-13-7-20)25-10-8-24(9-11-25)15-17-4-3-5-18(21)14-17;/h3-5,14H,6-13,15-16H2,1-2H3,(H,22,23);1H. The van der Waals surface area contributed by atoms with Crippen molar-refractivity contribution in [2.45, 2.75) is 24.1 Å². The summed E-state index contributed by atoms with van der Waals surface area (Å²) >= 11 is 8.07. The van der Waals surface area contributed by atoms with Crippen molar-refractivity contribution < 1.29 is 4.74 Å². The van der Waals surface area contributed by atoms with Crippen molar-refractivity contribution in [3.63, 3.8) is 0 Å². The molecule has 2 aliphatic rings. The van der Waals surface area contributed by atoms with Gasteiger partial charge in [0.05, 0.1) is 0 Å². The molecular weight excluding hydrogens is 507 g/mol. The molecule has 0 aromatic heterocycles. The summed E-state index contributed by atoms with van der Waals surface area (Å²) in [5, 5.41) is 4.45. The van der Waals surface area contributed by atoms with Gasteiger partial charge in [-0.1, -0.05) is 23.7 Å². The van der Waals surface area contributed by atoms with Gasteiger partial charge in [-0.3, -0.25) is 9.89 Å². The number of nitrogens with zero attached hydrogens (tertiary/aromatic N) is 3. The number of aliphatic imine (C=N–C) groups is 1. The molecule has 2 saturated heterocycles. The van der Waals surface area contributed by atoms with Gasteiger partial charge < -0.3 is 15.0 Å². The van der Waals surface area contributed by atoms with E-state index in [0.29, 0.717) is 0 Å². The Hall–Kier alpha value is -0.220. The maximum absolute atomic E-state index is 6.11. The van der Waals surface area contributed by atoms with E-state index in [1.807, 2.05) is 30.9 Å². The molecule has 28 heavy (non-hydrogen) atoms. The Morgan fingerprint density at radius 2 is 1.96 bits per heavy atom. The predicted octanol–water partition coefficient (Wildman–Crippen LogP) is 3.56. The Kier molecular flexibility index (Phi) is 10.2. The molecule has 0 radical (unpaired) electrons. The molecular formula is C20H32ClIN4OS. The third kappa shape index (κ3) is 6.65. The summed E-state index contributed by atoms with van der Waals surface area (Å²) in [4.78, 5) is 9.40. The Labute approximate surface area is 195 Å². The van der Waals surface area contributed by atoms with Crippen molar-refractivity contribution in [2.75, 3.05) is 59.2 Å². The first-order chi connectivity index (χ1) is 13.1. The topological polar surface area (TPSA) is 40.1 Å². The number of hydrogen-bond acceptors (Lipinski definition) is 4. The van der Waals surface area contributed by atoms with Crippen LogP contribution in [-0.2, 0) is 11.3 Å². The van der Waals surface area contributed by atoms with Gasteiger partial charge in [-0.05, 0) is 36.8 Å². The lowest BCUT2D eigenvalue weighted by molar-refractivity contribution is 0.0779. The molecule has 1 aromatic rings. The predicted molar refractivity (Wildman–Crippen MR) is 131 cm³/mol. The summed E-state index contributed by atoms with van der Waals surface area (Å²) in [5.74, 6) is 1.03. The van der Waals surface area contributed by atoms with Gasteiger partial charge >= 0.3 is 0 Å². The largest absolute Gasteiger partial charge is 0.381 e. The van der Waals surface area contributed by atoms with Crippen molar-refractivity contribution in [2.24, 2.45) is 4.99 Å². The lowest BCUT2D eigenvalue weighted by Gasteiger charge is -2.39. The molecule has 0 atom stereocenters. The summed E-state index contributed by atoms with van der Waals surface area (Å²) in [7, 11) is 1.89. The molecule has 0 amide bonds. The summed E-state index contributed by atoms with van der Waals surface area (Å²) in [5.41, 5.74) is 1.28. The lowest BCUT2D eigenvalue weighted by atomic mass is 9.99. The van der Waals surface area contributed by atoms with E-state index in [4.69, 9.17) is 16.3 Å². The third-order valence-corrected chi connectivity index (χ3v) is 7.24. The first-order valence-electron chi connectivity index (χ1n) is 9.69. The quantitative estimate of drug-likeness (QED) is 0.353. The zero-order valence-corrected chi connectivity index (χ0v) is 20.7. The molecule has 0 aliphatic carbocycles. The average Bonchev–Trinajstić information content (AvgIpc) is 2.70. The van der Waals surface area contributed by atoms with Crippen LogP contribution in [0.1, 0.15) is 18.4 Å². The molecule has 2 aliphatic heterocycles. The lowest BCUT2D eigenvalue weighted by Crippen LogP contribution is -2.54. The molecule has 2 heterocycles. The molecule has 0 bridgehead atoms. The Morgan fingerprint density at radius 3 is 2.57 bits per heavy atom. The molecule has 3 rings (SSSR count). The number of piperazine rings is 1. The molecule has 0 saturated carbocycles. The van der Waals surface area contributed by atoms with Crippen molar-refractivity contribution >= 4 is 53.3 Å². The van der Waals surface area contributed by atoms with Gasteiger partial charge in [-0.25, -0.2) is 0 Å². The van der Waals surface area contributed by atoms with Gasteiger partial charge in [-0.15, -0.1) is 24.0 Å². The molecule has 158 valence electrons. The van der Waals surface area contributed by atoms with E-state index < -0.39 is 0 Å². The van der Waals surface area contributed by atoms with E-state index in [0.717, 1.165) is 76.3 Å². The van der Waals surface area contributed by atoms with Crippen LogP contribution in [0.5, 0.6) is 0 Å². The first-order valence-corrected chi connectivity index (χ1v) is 11.3. The van der Waals surface area contributed by atoms with Crippen LogP contribution >= 0.6 is 47.3 Å². The van der Waals surface area contributed by atoms with Gasteiger partial charge in [0.2, 0.25) is 0 Å². The number of thioether (sulfide) groups is 1. The SMILES string of the molecule is CN=C(NCC1(SC)CCOCC1)N1CCN(Cc2cccc(Cl)c2)CC1.I. The van der Waals surface area contributed by atoms with Gasteiger partial charge in [0, 0.05) is 69.3 Å². The molecule has 0 unspecified atom stereocenters. The Balaban J connectivity index is 0.00000280. The Bertz CT molecular complexity index is 634. The molecule has 8 heteroatoms. The summed E-state index contributed by atoms with van der Waals surface area (Å²) in [6.07, 6.45) is 4.42. The molecule has 2 fully saturated rings. The highest BCUT2D eigenvalue weighted by Gasteiger charge is 2.32. The van der Waals surface area contributed by atoms with Crippen molar-refractivity contribution in [1.29, 1.82) is 0 Å². The van der Waals surface area contributed by atoms with Crippen LogP contribution in [0.15, 0.2) is 29.3 Å². The zero-order chi connectivity index (χ0) is 19.1. The summed E-state index contributed by atoms with van der Waals surface area (Å²) in [6.45, 7) is 7.70. The Morgan fingerprint density at radius 1 is 1.25 bits per heavy atom. The fraction of sp³-hybridized carbons (Fsp3) is 0.650. The number of ether oxygens (including phenoxy) is 1. The molecule has 0 spiro atoms. The van der Waals surface area contributed by atoms with E-state index in [1.54, 1.807) is 0 Å². The molecule has 5 nitrogen and oxygen atoms in total. The van der Waals surface area contributed by atoms with Crippen LogP contribution in [0.25, 0.3) is 0 Å².